The average molecular weight is 452 g/mol. The molecule has 0 amide bonds. The van der Waals surface area contributed by atoms with Crippen molar-refractivity contribution in [2.45, 2.75) is 25.7 Å². The SMILES string of the molecule is CCOc1ccc(S(=O)(=O)CC)cc1-c1cn(C)c(=O)c2ccc(-n3cc(C)cn3)cc12. The van der Waals surface area contributed by atoms with Crippen molar-refractivity contribution in [1.29, 1.82) is 0 Å². The molecule has 0 unspecified atom stereocenters. The third-order valence-electron chi connectivity index (χ3n) is 5.42. The zero-order valence-corrected chi connectivity index (χ0v) is 19.3. The van der Waals surface area contributed by atoms with E-state index in [1.54, 1.807) is 55.3 Å². The molecule has 2 aromatic heterocycles. The van der Waals surface area contributed by atoms with Crippen molar-refractivity contribution in [3.8, 4) is 22.6 Å². The molecule has 166 valence electrons. The van der Waals surface area contributed by atoms with Crippen LogP contribution in [0.5, 0.6) is 5.75 Å². The van der Waals surface area contributed by atoms with Crippen molar-refractivity contribution in [3.63, 3.8) is 0 Å². The van der Waals surface area contributed by atoms with E-state index in [9.17, 15) is 13.2 Å². The van der Waals surface area contributed by atoms with Crippen LogP contribution in [0.2, 0.25) is 0 Å². The molecule has 0 N–H and O–H groups in total. The van der Waals surface area contributed by atoms with E-state index in [-0.39, 0.29) is 16.2 Å². The molecule has 32 heavy (non-hydrogen) atoms. The lowest BCUT2D eigenvalue weighted by atomic mass is 9.99. The third-order valence-corrected chi connectivity index (χ3v) is 7.16. The van der Waals surface area contributed by atoms with Crippen LogP contribution in [0.3, 0.4) is 0 Å². The molecule has 0 aliphatic heterocycles. The number of ether oxygens (including phenoxy) is 1. The Labute approximate surface area is 186 Å². The summed E-state index contributed by atoms with van der Waals surface area (Å²) in [6, 6.07) is 10.4. The second-order valence-corrected chi connectivity index (χ2v) is 9.92. The molecule has 0 bridgehead atoms. The van der Waals surface area contributed by atoms with E-state index < -0.39 is 9.84 Å². The highest BCUT2D eigenvalue weighted by Gasteiger charge is 2.19. The van der Waals surface area contributed by atoms with Gasteiger partial charge in [-0.25, -0.2) is 13.1 Å². The van der Waals surface area contributed by atoms with Gasteiger partial charge >= 0.3 is 0 Å². The number of aryl methyl sites for hydroxylation is 2. The van der Waals surface area contributed by atoms with Crippen LogP contribution in [-0.2, 0) is 16.9 Å². The number of sulfone groups is 1. The van der Waals surface area contributed by atoms with Gasteiger partial charge in [-0.3, -0.25) is 4.79 Å². The van der Waals surface area contributed by atoms with Gasteiger partial charge in [0.25, 0.3) is 5.56 Å². The van der Waals surface area contributed by atoms with Crippen LogP contribution in [0.25, 0.3) is 27.6 Å². The van der Waals surface area contributed by atoms with Gasteiger partial charge in [-0.15, -0.1) is 0 Å². The van der Waals surface area contributed by atoms with E-state index in [2.05, 4.69) is 5.10 Å². The molecule has 4 rings (SSSR count). The molecule has 0 spiro atoms. The molecule has 4 aromatic rings. The second-order valence-electron chi connectivity index (χ2n) is 7.65. The van der Waals surface area contributed by atoms with Crippen LogP contribution >= 0.6 is 0 Å². The zero-order chi connectivity index (χ0) is 23.0. The molecule has 0 atom stereocenters. The highest BCUT2D eigenvalue weighted by Crippen LogP contribution is 2.36. The summed E-state index contributed by atoms with van der Waals surface area (Å²) < 4.78 is 34.2. The number of aromatic nitrogens is 3. The van der Waals surface area contributed by atoms with Crippen LogP contribution in [0, 0.1) is 6.92 Å². The van der Waals surface area contributed by atoms with Gasteiger partial charge in [-0.2, -0.15) is 5.10 Å². The van der Waals surface area contributed by atoms with Crippen LogP contribution in [0.1, 0.15) is 19.4 Å². The van der Waals surface area contributed by atoms with Crippen LogP contribution in [0.4, 0.5) is 0 Å². The Hall–Kier alpha value is -3.39. The van der Waals surface area contributed by atoms with Gasteiger partial charge in [0, 0.05) is 36.0 Å². The Morgan fingerprint density at radius 2 is 1.78 bits per heavy atom. The normalized spacial score (nSPS) is 11.8. The highest BCUT2D eigenvalue weighted by atomic mass is 32.2. The number of benzene rings is 2. The molecular formula is C24H25N3O4S. The van der Waals surface area contributed by atoms with Crippen molar-refractivity contribution in [2.24, 2.45) is 7.05 Å². The summed E-state index contributed by atoms with van der Waals surface area (Å²) in [6.07, 6.45) is 5.40. The van der Waals surface area contributed by atoms with Gasteiger partial charge in [0.15, 0.2) is 9.84 Å². The van der Waals surface area contributed by atoms with Crippen LogP contribution < -0.4 is 10.3 Å². The number of rotatable bonds is 6. The Kier molecular flexibility index (Phi) is 5.64. The van der Waals surface area contributed by atoms with E-state index in [4.69, 9.17) is 4.74 Å². The lowest BCUT2D eigenvalue weighted by Gasteiger charge is -2.16. The van der Waals surface area contributed by atoms with Crippen molar-refractivity contribution >= 4 is 20.6 Å². The molecule has 7 nitrogen and oxygen atoms in total. The lowest BCUT2D eigenvalue weighted by molar-refractivity contribution is 0.341. The number of hydrogen-bond donors (Lipinski definition) is 0. The first-order valence-electron chi connectivity index (χ1n) is 10.4. The molecule has 0 aliphatic carbocycles. The first kappa shape index (κ1) is 21.8. The van der Waals surface area contributed by atoms with E-state index in [1.807, 2.05) is 32.2 Å². The van der Waals surface area contributed by atoms with Crippen molar-refractivity contribution in [3.05, 3.63) is 70.9 Å². The number of fused-ring (bicyclic) bond motifs is 1. The molecule has 2 aromatic carbocycles. The maximum absolute atomic E-state index is 12.9. The summed E-state index contributed by atoms with van der Waals surface area (Å²) >= 11 is 0. The molecule has 8 heteroatoms. The second kappa shape index (κ2) is 8.27. The van der Waals surface area contributed by atoms with Crippen molar-refractivity contribution in [2.75, 3.05) is 12.4 Å². The van der Waals surface area contributed by atoms with Gasteiger partial charge in [-0.05, 0) is 61.2 Å². The summed E-state index contributed by atoms with van der Waals surface area (Å²) in [5.74, 6) is 0.555. The molecular weight excluding hydrogens is 426 g/mol. The fraction of sp³-hybridized carbons (Fsp3) is 0.250. The summed E-state index contributed by atoms with van der Waals surface area (Å²) in [4.78, 5) is 13.1. The number of nitrogens with zero attached hydrogens (tertiary/aromatic N) is 3. The Bertz CT molecular complexity index is 1480. The molecule has 0 saturated carbocycles. The van der Waals surface area contributed by atoms with E-state index in [0.717, 1.165) is 11.3 Å². The minimum atomic E-state index is -3.42. The number of hydrogen-bond acceptors (Lipinski definition) is 5. The minimum absolute atomic E-state index is 0.00274. The van der Waals surface area contributed by atoms with Gasteiger partial charge in [0.1, 0.15) is 5.75 Å². The first-order valence-corrected chi connectivity index (χ1v) is 12.1. The summed E-state index contributed by atoms with van der Waals surface area (Å²) in [6.45, 7) is 5.87. The summed E-state index contributed by atoms with van der Waals surface area (Å²) in [5, 5.41) is 5.60. The van der Waals surface area contributed by atoms with E-state index >= 15 is 0 Å². The largest absolute Gasteiger partial charge is 0.493 e. The summed E-state index contributed by atoms with van der Waals surface area (Å²) in [7, 11) is -1.73. The van der Waals surface area contributed by atoms with Gasteiger partial charge < -0.3 is 9.30 Å². The maximum Gasteiger partial charge on any atom is 0.258 e. The Morgan fingerprint density at radius 3 is 2.44 bits per heavy atom. The monoisotopic (exact) mass is 451 g/mol. The first-order chi connectivity index (χ1) is 15.2. The molecule has 0 aliphatic rings. The van der Waals surface area contributed by atoms with Crippen molar-refractivity contribution < 1.29 is 13.2 Å². The molecule has 0 saturated heterocycles. The van der Waals surface area contributed by atoms with Gasteiger partial charge in [-0.1, -0.05) is 6.92 Å². The molecule has 0 fully saturated rings. The highest BCUT2D eigenvalue weighted by molar-refractivity contribution is 7.91. The predicted octanol–water partition coefficient (Wildman–Crippen LogP) is 3.89. The van der Waals surface area contributed by atoms with Crippen molar-refractivity contribution in [1.82, 2.24) is 14.3 Å². The smallest absolute Gasteiger partial charge is 0.258 e. The van der Waals surface area contributed by atoms with Crippen LogP contribution in [-0.4, -0.2) is 35.1 Å². The minimum Gasteiger partial charge on any atom is -0.493 e. The zero-order valence-electron chi connectivity index (χ0n) is 18.5. The van der Waals surface area contributed by atoms with Gasteiger partial charge in [0.05, 0.1) is 29.1 Å². The molecule has 2 heterocycles. The summed E-state index contributed by atoms with van der Waals surface area (Å²) in [5.41, 5.74) is 3.02. The topological polar surface area (TPSA) is 83.2 Å². The fourth-order valence-corrected chi connectivity index (χ4v) is 4.63. The quantitative estimate of drug-likeness (QED) is 0.444. The van der Waals surface area contributed by atoms with E-state index in [0.29, 0.717) is 34.3 Å². The molecule has 0 radical (unpaired) electrons. The third kappa shape index (κ3) is 3.82. The number of pyridine rings is 1. The predicted molar refractivity (Wildman–Crippen MR) is 125 cm³/mol. The Balaban J connectivity index is 2.06. The fourth-order valence-electron chi connectivity index (χ4n) is 3.73. The average Bonchev–Trinajstić information content (AvgIpc) is 3.22. The lowest BCUT2D eigenvalue weighted by Crippen LogP contribution is -2.17. The van der Waals surface area contributed by atoms with E-state index in [1.165, 1.54) is 4.57 Å². The standard InChI is InChI=1S/C24H25N3O4S/c1-5-31-23-10-8-18(32(29,30)6-2)12-21(23)22-15-26(4)24(28)19-9-7-17(11-20(19)22)27-14-16(3)13-25-27/h7-15H,5-6H2,1-4H3. The maximum atomic E-state index is 12.9. The van der Waals surface area contributed by atoms with Crippen LogP contribution in [0.15, 0.2) is 64.7 Å². The van der Waals surface area contributed by atoms with Gasteiger partial charge in [0.2, 0.25) is 0 Å². The Morgan fingerprint density at radius 1 is 1.00 bits per heavy atom.